The van der Waals surface area contributed by atoms with Crippen molar-refractivity contribution < 1.29 is 9.59 Å². The number of nitrogens with zero attached hydrogens (tertiary/aromatic N) is 5. The van der Waals surface area contributed by atoms with Gasteiger partial charge in [0.15, 0.2) is 11.5 Å². The highest BCUT2D eigenvalue weighted by Crippen LogP contribution is 2.38. The van der Waals surface area contributed by atoms with Crippen LogP contribution >= 0.6 is 0 Å². The van der Waals surface area contributed by atoms with E-state index < -0.39 is 6.04 Å². The number of nitriles is 1. The van der Waals surface area contributed by atoms with Gasteiger partial charge in [-0.05, 0) is 32.5 Å². The van der Waals surface area contributed by atoms with Gasteiger partial charge in [0.1, 0.15) is 12.4 Å². The van der Waals surface area contributed by atoms with Crippen LogP contribution in [0.2, 0.25) is 0 Å². The van der Waals surface area contributed by atoms with E-state index in [9.17, 15) is 14.9 Å². The summed E-state index contributed by atoms with van der Waals surface area (Å²) in [6.07, 6.45) is 6.26. The van der Waals surface area contributed by atoms with E-state index in [0.29, 0.717) is 35.2 Å². The largest absolute Gasteiger partial charge is 0.372 e. The van der Waals surface area contributed by atoms with Crippen molar-refractivity contribution in [1.82, 2.24) is 19.9 Å². The molecular formula is C20H23N7O2. The summed E-state index contributed by atoms with van der Waals surface area (Å²) >= 11 is 0. The second kappa shape index (κ2) is 8.75. The maximum absolute atomic E-state index is 12.0. The normalized spacial score (nSPS) is 18.6. The molecule has 9 heteroatoms. The first-order valence-corrected chi connectivity index (χ1v) is 9.31. The topological polar surface area (TPSA) is 124 Å². The van der Waals surface area contributed by atoms with E-state index in [1.165, 1.54) is 18.6 Å². The van der Waals surface area contributed by atoms with Crippen LogP contribution in [-0.4, -0.2) is 58.7 Å². The van der Waals surface area contributed by atoms with Crippen LogP contribution < -0.4 is 10.6 Å². The van der Waals surface area contributed by atoms with E-state index in [2.05, 4.69) is 25.6 Å². The Morgan fingerprint density at radius 3 is 2.66 bits per heavy atom. The van der Waals surface area contributed by atoms with Crippen LogP contribution in [0.3, 0.4) is 0 Å². The van der Waals surface area contributed by atoms with E-state index in [1.54, 1.807) is 6.07 Å². The number of nitrogens with one attached hydrogen (secondary N) is 2. The van der Waals surface area contributed by atoms with Gasteiger partial charge in [-0.3, -0.25) is 9.78 Å². The van der Waals surface area contributed by atoms with Crippen molar-refractivity contribution in [2.45, 2.75) is 19.4 Å². The Balaban J connectivity index is 1.77. The molecule has 0 aliphatic heterocycles. The lowest BCUT2D eigenvalue weighted by Gasteiger charge is -2.19. The maximum atomic E-state index is 12.0. The smallest absolute Gasteiger partial charge is 0.228 e. The minimum atomic E-state index is -0.484. The quantitative estimate of drug-likeness (QED) is 0.647. The van der Waals surface area contributed by atoms with Crippen molar-refractivity contribution in [3.05, 3.63) is 30.4 Å². The molecule has 0 aromatic carbocycles. The van der Waals surface area contributed by atoms with Gasteiger partial charge in [-0.15, -0.1) is 0 Å². The van der Waals surface area contributed by atoms with E-state index in [4.69, 9.17) is 0 Å². The average Bonchev–Trinajstić information content (AvgIpc) is 3.44. The molecule has 1 saturated carbocycles. The molecule has 9 nitrogen and oxygen atoms in total. The zero-order valence-electron chi connectivity index (χ0n) is 16.6. The second-order valence-corrected chi connectivity index (χ2v) is 7.48. The van der Waals surface area contributed by atoms with Gasteiger partial charge in [-0.1, -0.05) is 6.92 Å². The van der Waals surface area contributed by atoms with Gasteiger partial charge in [0.2, 0.25) is 5.91 Å². The fraction of sp³-hybridized carbons (Fsp3) is 0.400. The molecule has 0 radical (unpaired) electrons. The van der Waals surface area contributed by atoms with Gasteiger partial charge in [0.25, 0.3) is 0 Å². The molecule has 2 aromatic rings. The Kier molecular flexibility index (Phi) is 6.14. The van der Waals surface area contributed by atoms with Crippen LogP contribution in [-0.2, 0) is 9.59 Å². The summed E-state index contributed by atoms with van der Waals surface area (Å²) in [4.78, 5) is 38.0. The summed E-state index contributed by atoms with van der Waals surface area (Å²) < 4.78 is 0. The third kappa shape index (κ3) is 5.12. The van der Waals surface area contributed by atoms with Crippen molar-refractivity contribution in [2.24, 2.45) is 11.8 Å². The molecule has 2 aromatic heterocycles. The predicted octanol–water partition coefficient (Wildman–Crippen LogP) is 1.55. The first-order chi connectivity index (χ1) is 13.9. The molecule has 150 valence electrons. The highest BCUT2D eigenvalue weighted by molar-refractivity contribution is 5.93. The fourth-order valence-corrected chi connectivity index (χ4v) is 2.97. The highest BCUT2D eigenvalue weighted by Gasteiger charge is 2.39. The Hall–Kier alpha value is -3.38. The van der Waals surface area contributed by atoms with E-state index >= 15 is 0 Å². The Labute approximate surface area is 169 Å². The lowest BCUT2D eigenvalue weighted by atomic mass is 10.1. The number of aldehydes is 1. The summed E-state index contributed by atoms with van der Waals surface area (Å²) in [5.74, 6) is 0.831. The van der Waals surface area contributed by atoms with E-state index in [1.807, 2.05) is 32.0 Å². The van der Waals surface area contributed by atoms with Crippen LogP contribution in [0.4, 0.5) is 11.5 Å². The molecule has 2 heterocycles. The van der Waals surface area contributed by atoms with Gasteiger partial charge in [-0.25, -0.2) is 9.97 Å². The van der Waals surface area contributed by atoms with E-state index in [0.717, 1.165) is 12.7 Å². The molecule has 1 fully saturated rings. The molecule has 0 saturated heterocycles. The van der Waals surface area contributed by atoms with Crippen LogP contribution in [0.25, 0.3) is 11.3 Å². The van der Waals surface area contributed by atoms with Crippen molar-refractivity contribution in [2.75, 3.05) is 31.3 Å². The Bertz CT molecular complexity index is 937. The van der Waals surface area contributed by atoms with Crippen LogP contribution in [0.1, 0.15) is 19.0 Å². The molecule has 0 spiro atoms. The summed E-state index contributed by atoms with van der Waals surface area (Å²) in [5, 5.41) is 15.1. The third-order valence-electron chi connectivity index (χ3n) is 4.71. The summed E-state index contributed by atoms with van der Waals surface area (Å²) in [6.45, 7) is 2.52. The second-order valence-electron chi connectivity index (χ2n) is 7.48. The molecule has 3 rings (SSSR count). The molecule has 29 heavy (non-hydrogen) atoms. The SMILES string of the molecule is CC1CC1C(=O)Nc1cnc(-c2cnc(C#N)c(NC(C=O)CN(C)C)c2)cn1. The minimum Gasteiger partial charge on any atom is -0.372 e. The van der Waals surface area contributed by atoms with Crippen LogP contribution in [0.5, 0.6) is 0 Å². The number of pyridine rings is 1. The first-order valence-electron chi connectivity index (χ1n) is 9.31. The summed E-state index contributed by atoms with van der Waals surface area (Å²) in [7, 11) is 3.72. The van der Waals surface area contributed by atoms with Gasteiger partial charge in [0, 0.05) is 24.2 Å². The third-order valence-corrected chi connectivity index (χ3v) is 4.71. The van der Waals surface area contributed by atoms with Crippen LogP contribution in [0, 0.1) is 23.2 Å². The molecular weight excluding hydrogens is 370 g/mol. The Morgan fingerprint density at radius 1 is 1.34 bits per heavy atom. The molecule has 2 N–H and O–H groups in total. The van der Waals surface area contributed by atoms with Crippen molar-refractivity contribution in [3.8, 4) is 17.3 Å². The predicted molar refractivity (Wildman–Crippen MR) is 108 cm³/mol. The van der Waals surface area contributed by atoms with Crippen LogP contribution in [0.15, 0.2) is 24.7 Å². The molecule has 1 aliphatic carbocycles. The number of hydrogen-bond donors (Lipinski definition) is 2. The van der Waals surface area contributed by atoms with Gasteiger partial charge < -0.3 is 20.3 Å². The molecule has 3 unspecified atom stereocenters. The van der Waals surface area contributed by atoms with Crippen molar-refractivity contribution in [1.29, 1.82) is 5.26 Å². The highest BCUT2D eigenvalue weighted by atomic mass is 16.2. The number of likely N-dealkylation sites (N-methyl/N-ethyl adjacent to an activating group) is 1. The number of anilines is 2. The minimum absolute atomic E-state index is 0.0353. The number of hydrogen-bond acceptors (Lipinski definition) is 8. The number of aromatic nitrogens is 3. The molecule has 1 aliphatic rings. The van der Waals surface area contributed by atoms with Gasteiger partial charge in [0.05, 0.1) is 29.8 Å². The number of carbonyl (C=O) groups is 2. The number of carbonyl (C=O) groups excluding carboxylic acids is 2. The van der Waals surface area contributed by atoms with Gasteiger partial charge >= 0.3 is 0 Å². The fourth-order valence-electron chi connectivity index (χ4n) is 2.97. The lowest BCUT2D eigenvalue weighted by molar-refractivity contribution is -0.117. The summed E-state index contributed by atoms with van der Waals surface area (Å²) in [6, 6.07) is 3.25. The molecule has 1 amide bonds. The maximum Gasteiger partial charge on any atom is 0.228 e. The van der Waals surface area contributed by atoms with Crippen molar-refractivity contribution >= 4 is 23.7 Å². The first kappa shape index (κ1) is 20.4. The molecule has 0 bridgehead atoms. The van der Waals surface area contributed by atoms with Crippen molar-refractivity contribution in [3.63, 3.8) is 0 Å². The summed E-state index contributed by atoms with van der Waals surface area (Å²) in [5.41, 5.74) is 1.82. The lowest BCUT2D eigenvalue weighted by Crippen LogP contribution is -2.33. The standard InChI is InChI=1S/C20H23N7O2/c1-12-4-15(12)20(29)26-19-9-23-18(8-24-19)13-5-16(17(6-21)22-7-13)25-14(11-28)10-27(2)3/h5,7-9,11-12,14-15,25H,4,10H2,1-3H3,(H,24,26,29). The zero-order chi connectivity index (χ0) is 21.0. The zero-order valence-corrected chi connectivity index (χ0v) is 16.6. The van der Waals surface area contributed by atoms with Gasteiger partial charge in [-0.2, -0.15) is 5.26 Å². The average molecular weight is 393 g/mol. The van der Waals surface area contributed by atoms with E-state index in [-0.39, 0.29) is 17.5 Å². The number of amides is 1. The molecule has 3 atom stereocenters. The number of rotatable bonds is 8. The Morgan fingerprint density at radius 2 is 2.10 bits per heavy atom. The monoisotopic (exact) mass is 393 g/mol.